The molecule has 0 aliphatic heterocycles. The monoisotopic (exact) mass is 296 g/mol. The molecule has 0 fully saturated rings. The Labute approximate surface area is 122 Å². The smallest absolute Gasteiger partial charge is 0.317 e. The number of hydrogen-bond donors (Lipinski definition) is 2. The number of rotatable bonds is 7. The van der Waals surface area contributed by atoms with E-state index in [-0.39, 0.29) is 19.0 Å². The lowest BCUT2D eigenvalue weighted by Gasteiger charge is -2.17. The Morgan fingerprint density at radius 1 is 1.45 bits per heavy atom. The molecule has 1 aromatic rings. The van der Waals surface area contributed by atoms with Crippen LogP contribution in [-0.4, -0.2) is 41.5 Å². The molecular formula is C14H17ClN2O3. The Hall–Kier alpha value is -1.85. The number of carboxylic acids is 1. The summed E-state index contributed by atoms with van der Waals surface area (Å²) in [5.74, 6) is -1.29. The number of halogens is 1. The number of aryl methyl sites for hydroxylation is 1. The van der Waals surface area contributed by atoms with Crippen molar-refractivity contribution in [1.29, 1.82) is 0 Å². The minimum Gasteiger partial charge on any atom is -0.480 e. The molecule has 0 heterocycles. The Bertz CT molecular complexity index is 517. The molecule has 0 atom stereocenters. The summed E-state index contributed by atoms with van der Waals surface area (Å²) in [4.78, 5) is 24.0. The summed E-state index contributed by atoms with van der Waals surface area (Å²) in [6.45, 7) is 5.49. The second-order valence-electron chi connectivity index (χ2n) is 4.36. The largest absolute Gasteiger partial charge is 0.480 e. The van der Waals surface area contributed by atoms with Crippen LogP contribution < -0.4 is 5.32 Å². The fourth-order valence-corrected chi connectivity index (χ4v) is 1.81. The van der Waals surface area contributed by atoms with Gasteiger partial charge in [-0.2, -0.15) is 0 Å². The van der Waals surface area contributed by atoms with Gasteiger partial charge in [-0.15, -0.1) is 6.58 Å². The summed E-state index contributed by atoms with van der Waals surface area (Å²) in [5.41, 5.74) is 1.50. The molecule has 1 amide bonds. The Morgan fingerprint density at radius 3 is 2.70 bits per heavy atom. The molecule has 1 aromatic carbocycles. The van der Waals surface area contributed by atoms with Gasteiger partial charge in [-0.05, 0) is 24.6 Å². The molecular weight excluding hydrogens is 280 g/mol. The van der Waals surface area contributed by atoms with Crippen molar-refractivity contribution in [2.24, 2.45) is 0 Å². The molecule has 0 aliphatic carbocycles. The van der Waals surface area contributed by atoms with Crippen molar-refractivity contribution in [3.63, 3.8) is 0 Å². The summed E-state index contributed by atoms with van der Waals surface area (Å²) >= 11 is 5.97. The second kappa shape index (κ2) is 7.67. The Balaban J connectivity index is 2.62. The number of carboxylic acid groups (broad SMARTS) is 1. The first kappa shape index (κ1) is 16.2. The van der Waals surface area contributed by atoms with Crippen LogP contribution in [0.5, 0.6) is 0 Å². The van der Waals surface area contributed by atoms with E-state index in [0.29, 0.717) is 17.3 Å². The van der Waals surface area contributed by atoms with Crippen LogP contribution in [0.25, 0.3) is 0 Å². The summed E-state index contributed by atoms with van der Waals surface area (Å²) in [5, 5.41) is 12.0. The molecule has 108 valence electrons. The average molecular weight is 297 g/mol. The van der Waals surface area contributed by atoms with Gasteiger partial charge in [0, 0.05) is 17.3 Å². The lowest BCUT2D eigenvalue weighted by Crippen LogP contribution is -2.37. The fourth-order valence-electron chi connectivity index (χ4n) is 1.63. The first-order chi connectivity index (χ1) is 9.42. The molecule has 0 radical (unpaired) electrons. The highest BCUT2D eigenvalue weighted by atomic mass is 35.5. The highest BCUT2D eigenvalue weighted by Gasteiger charge is 2.13. The number of carbonyl (C=O) groups is 2. The van der Waals surface area contributed by atoms with Crippen molar-refractivity contribution in [2.75, 3.05) is 25.0 Å². The topological polar surface area (TPSA) is 69.6 Å². The highest BCUT2D eigenvalue weighted by molar-refractivity contribution is 6.31. The van der Waals surface area contributed by atoms with Gasteiger partial charge in [0.1, 0.15) is 0 Å². The Kier molecular flexibility index (Phi) is 6.21. The van der Waals surface area contributed by atoms with Crippen LogP contribution >= 0.6 is 11.6 Å². The van der Waals surface area contributed by atoms with Gasteiger partial charge in [-0.25, -0.2) is 0 Å². The van der Waals surface area contributed by atoms with Gasteiger partial charge in [0.2, 0.25) is 5.91 Å². The van der Waals surface area contributed by atoms with Gasteiger partial charge in [-0.3, -0.25) is 14.5 Å². The van der Waals surface area contributed by atoms with E-state index in [0.717, 1.165) is 5.56 Å². The number of nitrogens with one attached hydrogen (secondary N) is 1. The third-order valence-corrected chi connectivity index (χ3v) is 2.98. The molecule has 0 saturated heterocycles. The van der Waals surface area contributed by atoms with Crippen molar-refractivity contribution < 1.29 is 14.7 Å². The van der Waals surface area contributed by atoms with Crippen LogP contribution in [0.4, 0.5) is 5.69 Å². The standard InChI is InChI=1S/C14H17ClN2O3/c1-3-6-17(9-14(19)20)8-13(18)16-11-5-4-10(2)12(15)7-11/h3-5,7H,1,6,8-9H2,2H3,(H,16,18)(H,19,20). The predicted octanol–water partition coefficient (Wildman–Crippen LogP) is 2.16. The zero-order chi connectivity index (χ0) is 15.1. The minimum absolute atomic E-state index is 0.0240. The van der Waals surface area contributed by atoms with Gasteiger partial charge in [-0.1, -0.05) is 23.7 Å². The molecule has 0 aromatic heterocycles. The van der Waals surface area contributed by atoms with Crippen LogP contribution in [-0.2, 0) is 9.59 Å². The number of benzene rings is 1. The van der Waals surface area contributed by atoms with Crippen LogP contribution in [0.2, 0.25) is 5.02 Å². The molecule has 5 nitrogen and oxygen atoms in total. The number of carbonyl (C=O) groups excluding carboxylic acids is 1. The van der Waals surface area contributed by atoms with Gasteiger partial charge in [0.15, 0.2) is 0 Å². The van der Waals surface area contributed by atoms with Crippen LogP contribution in [0, 0.1) is 6.92 Å². The first-order valence-corrected chi connectivity index (χ1v) is 6.41. The van der Waals surface area contributed by atoms with Gasteiger partial charge >= 0.3 is 5.97 Å². The maximum Gasteiger partial charge on any atom is 0.317 e. The molecule has 0 unspecified atom stereocenters. The number of aliphatic carboxylic acids is 1. The van der Waals surface area contributed by atoms with E-state index in [1.165, 1.54) is 4.90 Å². The highest BCUT2D eigenvalue weighted by Crippen LogP contribution is 2.19. The third kappa shape index (κ3) is 5.42. The van der Waals surface area contributed by atoms with Crippen molar-refractivity contribution >= 4 is 29.2 Å². The number of anilines is 1. The first-order valence-electron chi connectivity index (χ1n) is 6.03. The quantitative estimate of drug-likeness (QED) is 0.757. The van der Waals surface area contributed by atoms with E-state index >= 15 is 0 Å². The molecule has 0 saturated carbocycles. The van der Waals surface area contributed by atoms with E-state index in [1.807, 2.05) is 6.92 Å². The number of hydrogen-bond acceptors (Lipinski definition) is 3. The van der Waals surface area contributed by atoms with Crippen LogP contribution in [0.1, 0.15) is 5.56 Å². The number of nitrogens with zero attached hydrogens (tertiary/aromatic N) is 1. The lowest BCUT2D eigenvalue weighted by molar-refractivity contribution is -0.138. The van der Waals surface area contributed by atoms with Crippen LogP contribution in [0.15, 0.2) is 30.9 Å². The third-order valence-electron chi connectivity index (χ3n) is 2.57. The second-order valence-corrected chi connectivity index (χ2v) is 4.77. The Morgan fingerprint density at radius 2 is 2.15 bits per heavy atom. The van der Waals surface area contributed by atoms with E-state index in [9.17, 15) is 9.59 Å². The van der Waals surface area contributed by atoms with E-state index in [1.54, 1.807) is 24.3 Å². The zero-order valence-electron chi connectivity index (χ0n) is 11.2. The zero-order valence-corrected chi connectivity index (χ0v) is 12.0. The average Bonchev–Trinajstić information content (AvgIpc) is 2.33. The predicted molar refractivity (Wildman–Crippen MR) is 79.1 cm³/mol. The van der Waals surface area contributed by atoms with Gasteiger partial charge < -0.3 is 10.4 Å². The van der Waals surface area contributed by atoms with Crippen molar-refractivity contribution in [3.05, 3.63) is 41.4 Å². The SMILES string of the molecule is C=CCN(CC(=O)O)CC(=O)Nc1ccc(C)c(Cl)c1. The van der Waals surface area contributed by atoms with E-state index in [4.69, 9.17) is 16.7 Å². The van der Waals surface area contributed by atoms with Crippen LogP contribution in [0.3, 0.4) is 0 Å². The van der Waals surface area contributed by atoms with Gasteiger partial charge in [0.25, 0.3) is 0 Å². The molecule has 2 N–H and O–H groups in total. The lowest BCUT2D eigenvalue weighted by atomic mass is 10.2. The van der Waals surface area contributed by atoms with Crippen molar-refractivity contribution in [2.45, 2.75) is 6.92 Å². The molecule has 0 spiro atoms. The summed E-state index contributed by atoms with van der Waals surface area (Å²) in [6.07, 6.45) is 1.55. The molecule has 20 heavy (non-hydrogen) atoms. The van der Waals surface area contributed by atoms with Gasteiger partial charge in [0.05, 0.1) is 13.1 Å². The molecule has 0 aliphatic rings. The maximum absolute atomic E-state index is 11.9. The van der Waals surface area contributed by atoms with E-state index in [2.05, 4.69) is 11.9 Å². The minimum atomic E-state index is -0.988. The summed E-state index contributed by atoms with van der Waals surface area (Å²) < 4.78 is 0. The number of amides is 1. The summed E-state index contributed by atoms with van der Waals surface area (Å²) in [7, 11) is 0. The normalized spacial score (nSPS) is 10.3. The van der Waals surface area contributed by atoms with E-state index < -0.39 is 5.97 Å². The fraction of sp³-hybridized carbons (Fsp3) is 0.286. The summed E-state index contributed by atoms with van der Waals surface area (Å²) in [6, 6.07) is 5.20. The molecule has 0 bridgehead atoms. The van der Waals surface area contributed by atoms with Crippen molar-refractivity contribution in [1.82, 2.24) is 4.90 Å². The maximum atomic E-state index is 11.9. The molecule has 6 heteroatoms. The molecule has 1 rings (SSSR count). The van der Waals surface area contributed by atoms with Crippen molar-refractivity contribution in [3.8, 4) is 0 Å².